The van der Waals surface area contributed by atoms with E-state index in [-0.39, 0.29) is 0 Å². The number of carbonyl (C=O) groups excluding carboxylic acids is 1. The molecule has 0 aromatic rings. The summed E-state index contributed by atoms with van der Waals surface area (Å²) in [4.78, 5) is 20.1. The van der Waals surface area contributed by atoms with Crippen molar-refractivity contribution in [1.82, 2.24) is 0 Å². The van der Waals surface area contributed by atoms with Gasteiger partial charge in [0.15, 0.2) is 5.78 Å². The molecule has 54 valence electrons. The SMILES string of the molecule is O=C(O)C=CC(=O)/C=C/O. The van der Waals surface area contributed by atoms with Gasteiger partial charge in [-0.3, -0.25) is 4.79 Å². The molecule has 0 unspecified atom stereocenters. The van der Waals surface area contributed by atoms with E-state index in [9.17, 15) is 9.59 Å². The molecule has 0 aliphatic rings. The van der Waals surface area contributed by atoms with E-state index < -0.39 is 11.8 Å². The van der Waals surface area contributed by atoms with Gasteiger partial charge in [-0.25, -0.2) is 4.79 Å². The summed E-state index contributed by atoms with van der Waals surface area (Å²) in [6, 6.07) is 0. The molecular weight excluding hydrogens is 136 g/mol. The number of carbonyl (C=O) groups is 2. The Morgan fingerprint density at radius 1 is 1.10 bits per heavy atom. The lowest BCUT2D eigenvalue weighted by molar-refractivity contribution is -0.131. The average Bonchev–Trinajstić information content (AvgIpc) is 1.85. The predicted octanol–water partition coefficient (Wildman–Crippen LogP) is 0.268. The van der Waals surface area contributed by atoms with Crippen LogP contribution in [0, 0.1) is 0 Å². The van der Waals surface area contributed by atoms with Gasteiger partial charge in [0.05, 0.1) is 6.26 Å². The van der Waals surface area contributed by atoms with Gasteiger partial charge in [0.2, 0.25) is 0 Å². The van der Waals surface area contributed by atoms with Crippen molar-refractivity contribution in [1.29, 1.82) is 0 Å². The number of allylic oxidation sites excluding steroid dienone is 2. The van der Waals surface area contributed by atoms with Gasteiger partial charge in [-0.05, 0) is 6.08 Å². The molecule has 10 heavy (non-hydrogen) atoms. The fourth-order valence-corrected chi connectivity index (χ4v) is 0.282. The van der Waals surface area contributed by atoms with Crippen molar-refractivity contribution in [3.05, 3.63) is 24.5 Å². The summed E-state index contributed by atoms with van der Waals surface area (Å²) >= 11 is 0. The van der Waals surface area contributed by atoms with E-state index in [2.05, 4.69) is 0 Å². The number of aliphatic hydroxyl groups excluding tert-OH is 1. The van der Waals surface area contributed by atoms with Crippen molar-refractivity contribution in [3.8, 4) is 0 Å². The third-order valence-corrected chi connectivity index (χ3v) is 0.629. The molecule has 0 aliphatic carbocycles. The molecular formula is C6H6O4. The zero-order chi connectivity index (χ0) is 7.98. The number of carboxylic acid groups (broad SMARTS) is 1. The Morgan fingerprint density at radius 2 is 1.70 bits per heavy atom. The van der Waals surface area contributed by atoms with Gasteiger partial charge in [0.25, 0.3) is 0 Å². The summed E-state index contributed by atoms with van der Waals surface area (Å²) in [5, 5.41) is 16.0. The Labute approximate surface area is 57.1 Å². The van der Waals surface area contributed by atoms with Gasteiger partial charge in [0.1, 0.15) is 0 Å². The first-order valence-corrected chi connectivity index (χ1v) is 2.42. The highest BCUT2D eigenvalue weighted by molar-refractivity contribution is 6.02. The second kappa shape index (κ2) is 4.31. The zero-order valence-corrected chi connectivity index (χ0v) is 5.02. The number of hydrogen-bond acceptors (Lipinski definition) is 3. The molecule has 0 aromatic carbocycles. The van der Waals surface area contributed by atoms with Crippen LogP contribution in [0.1, 0.15) is 0 Å². The molecule has 0 bridgehead atoms. The van der Waals surface area contributed by atoms with Crippen LogP contribution in [-0.4, -0.2) is 22.0 Å². The van der Waals surface area contributed by atoms with E-state index >= 15 is 0 Å². The summed E-state index contributed by atoms with van der Waals surface area (Å²) in [7, 11) is 0. The highest BCUT2D eigenvalue weighted by Crippen LogP contribution is 1.78. The molecule has 0 fully saturated rings. The van der Waals surface area contributed by atoms with Gasteiger partial charge in [0, 0.05) is 12.2 Å². The smallest absolute Gasteiger partial charge is 0.328 e. The lowest BCUT2D eigenvalue weighted by Gasteiger charge is -1.78. The van der Waals surface area contributed by atoms with E-state index in [1.807, 2.05) is 0 Å². The van der Waals surface area contributed by atoms with E-state index in [1.54, 1.807) is 0 Å². The normalized spacial score (nSPS) is 10.8. The first-order chi connectivity index (χ1) is 4.66. The Morgan fingerprint density at radius 3 is 2.10 bits per heavy atom. The second-order valence-electron chi connectivity index (χ2n) is 1.39. The van der Waals surface area contributed by atoms with Crippen LogP contribution < -0.4 is 0 Å². The number of carboxylic acids is 1. The highest BCUT2D eigenvalue weighted by atomic mass is 16.4. The monoisotopic (exact) mass is 142 g/mol. The fourth-order valence-electron chi connectivity index (χ4n) is 0.282. The maximum atomic E-state index is 10.4. The summed E-state index contributed by atoms with van der Waals surface area (Å²) in [6.07, 6.45) is 2.94. The fraction of sp³-hybridized carbons (Fsp3) is 0. The molecule has 2 N–H and O–H groups in total. The van der Waals surface area contributed by atoms with Gasteiger partial charge in [-0.1, -0.05) is 0 Å². The van der Waals surface area contributed by atoms with Crippen molar-refractivity contribution in [2.75, 3.05) is 0 Å². The molecule has 0 aromatic heterocycles. The third-order valence-electron chi connectivity index (χ3n) is 0.629. The zero-order valence-electron chi connectivity index (χ0n) is 5.02. The topological polar surface area (TPSA) is 74.6 Å². The van der Waals surface area contributed by atoms with Crippen molar-refractivity contribution in [3.63, 3.8) is 0 Å². The van der Waals surface area contributed by atoms with E-state index in [0.717, 1.165) is 12.2 Å². The maximum Gasteiger partial charge on any atom is 0.328 e. The van der Waals surface area contributed by atoms with Crippen LogP contribution in [0.5, 0.6) is 0 Å². The maximum absolute atomic E-state index is 10.4. The first kappa shape index (κ1) is 8.42. The Kier molecular flexibility index (Phi) is 3.63. The van der Waals surface area contributed by atoms with Crippen LogP contribution in [0.2, 0.25) is 0 Å². The van der Waals surface area contributed by atoms with Gasteiger partial charge in [-0.2, -0.15) is 0 Å². The molecule has 0 saturated carbocycles. The minimum absolute atomic E-state index is 0.550. The first-order valence-electron chi connectivity index (χ1n) is 2.42. The van der Waals surface area contributed by atoms with Crippen LogP contribution in [0.15, 0.2) is 24.5 Å². The highest BCUT2D eigenvalue weighted by Gasteiger charge is 1.89. The summed E-state index contributed by atoms with van der Waals surface area (Å²) in [6.45, 7) is 0. The van der Waals surface area contributed by atoms with Crippen LogP contribution in [-0.2, 0) is 9.59 Å². The van der Waals surface area contributed by atoms with Crippen LogP contribution in [0.25, 0.3) is 0 Å². The molecule has 0 rings (SSSR count). The number of aliphatic hydroxyl groups is 1. The van der Waals surface area contributed by atoms with Gasteiger partial charge >= 0.3 is 5.97 Å². The lowest BCUT2D eigenvalue weighted by Crippen LogP contribution is -1.90. The quantitative estimate of drug-likeness (QED) is 0.438. The largest absolute Gasteiger partial charge is 0.515 e. The molecule has 0 radical (unpaired) electrons. The van der Waals surface area contributed by atoms with Gasteiger partial charge < -0.3 is 10.2 Å². The second-order valence-corrected chi connectivity index (χ2v) is 1.39. The Hall–Kier alpha value is -1.58. The summed E-state index contributed by atoms with van der Waals surface area (Å²) < 4.78 is 0. The predicted molar refractivity (Wildman–Crippen MR) is 33.6 cm³/mol. The Bertz CT molecular complexity index is 190. The summed E-state index contributed by atoms with van der Waals surface area (Å²) in [5.41, 5.74) is 0. The molecule has 4 nitrogen and oxygen atoms in total. The molecule has 0 atom stereocenters. The number of hydrogen-bond donors (Lipinski definition) is 2. The number of aliphatic carboxylic acids is 1. The molecule has 0 saturated heterocycles. The van der Waals surface area contributed by atoms with E-state index in [4.69, 9.17) is 10.2 Å². The van der Waals surface area contributed by atoms with Crippen LogP contribution in [0.4, 0.5) is 0 Å². The van der Waals surface area contributed by atoms with Crippen LogP contribution in [0.3, 0.4) is 0 Å². The minimum atomic E-state index is -1.19. The molecule has 0 aliphatic heterocycles. The molecule has 0 heterocycles. The van der Waals surface area contributed by atoms with E-state index in [1.165, 1.54) is 0 Å². The minimum Gasteiger partial charge on any atom is -0.515 e. The molecule has 4 heteroatoms. The molecule has 0 amide bonds. The number of rotatable bonds is 3. The number of ketones is 1. The third kappa shape index (κ3) is 4.58. The summed E-state index contributed by atoms with van der Waals surface area (Å²) in [5.74, 6) is -1.76. The van der Waals surface area contributed by atoms with Crippen molar-refractivity contribution < 1.29 is 19.8 Å². The van der Waals surface area contributed by atoms with Crippen LogP contribution >= 0.6 is 0 Å². The van der Waals surface area contributed by atoms with Crippen molar-refractivity contribution in [2.24, 2.45) is 0 Å². The Balaban J connectivity index is 3.90. The van der Waals surface area contributed by atoms with Gasteiger partial charge in [-0.15, -0.1) is 0 Å². The average molecular weight is 142 g/mol. The van der Waals surface area contributed by atoms with Crippen molar-refractivity contribution >= 4 is 11.8 Å². The lowest BCUT2D eigenvalue weighted by atomic mass is 10.3. The van der Waals surface area contributed by atoms with Crippen molar-refractivity contribution in [2.45, 2.75) is 0 Å². The standard InChI is InChI=1S/C6H6O4/c7-4-3-5(8)1-2-6(9)10/h1-4,7H,(H,9,10)/b2-1?,4-3+. The molecule has 0 spiro atoms. The van der Waals surface area contributed by atoms with E-state index in [0.29, 0.717) is 12.3 Å².